The van der Waals surface area contributed by atoms with E-state index in [0.29, 0.717) is 43.0 Å². The molecule has 0 spiro atoms. The number of benzene rings is 2. The van der Waals surface area contributed by atoms with Crippen LogP contribution in [-0.4, -0.2) is 80.8 Å². The highest BCUT2D eigenvalue weighted by Crippen LogP contribution is 2.29. The van der Waals surface area contributed by atoms with Crippen molar-refractivity contribution in [3.05, 3.63) is 65.2 Å². The van der Waals surface area contributed by atoms with Crippen molar-refractivity contribution in [3.8, 4) is 11.8 Å². The van der Waals surface area contributed by atoms with E-state index in [1.807, 2.05) is 30.3 Å². The van der Waals surface area contributed by atoms with Crippen molar-refractivity contribution in [2.45, 2.75) is 49.9 Å². The highest BCUT2D eigenvalue weighted by atomic mass is 16.5. The average Bonchev–Trinajstić information content (AvgIpc) is 2.92. The van der Waals surface area contributed by atoms with Crippen LogP contribution in [0.4, 0.5) is 0 Å². The van der Waals surface area contributed by atoms with Gasteiger partial charge < -0.3 is 24.0 Å². The fraction of sp³-hybridized carbons (Fsp3) is 0.483. The van der Waals surface area contributed by atoms with Crippen molar-refractivity contribution in [2.24, 2.45) is 0 Å². The predicted molar refractivity (Wildman–Crippen MR) is 138 cm³/mol. The number of carbonyl (C=O) groups excluding carboxylic acids is 2. The van der Waals surface area contributed by atoms with Crippen molar-refractivity contribution in [3.63, 3.8) is 0 Å². The molecule has 0 unspecified atom stereocenters. The third kappa shape index (κ3) is 6.48. The van der Waals surface area contributed by atoms with E-state index in [1.54, 1.807) is 49.2 Å². The van der Waals surface area contributed by atoms with Crippen LogP contribution in [0.3, 0.4) is 0 Å². The van der Waals surface area contributed by atoms with Crippen LogP contribution in [-0.2, 0) is 14.3 Å². The van der Waals surface area contributed by atoms with E-state index < -0.39 is 0 Å². The lowest BCUT2D eigenvalue weighted by atomic mass is 9.93. The van der Waals surface area contributed by atoms with Gasteiger partial charge in [-0.3, -0.25) is 9.59 Å². The van der Waals surface area contributed by atoms with Crippen molar-refractivity contribution in [2.75, 3.05) is 40.9 Å². The first kappa shape index (κ1) is 26.6. The lowest BCUT2D eigenvalue weighted by Crippen LogP contribution is -2.48. The average molecular weight is 506 g/mol. The summed E-state index contributed by atoms with van der Waals surface area (Å²) in [5, 5.41) is 9.43. The van der Waals surface area contributed by atoms with Gasteiger partial charge in [0.2, 0.25) is 5.91 Å². The molecule has 0 saturated carbocycles. The van der Waals surface area contributed by atoms with Crippen LogP contribution in [0.25, 0.3) is 0 Å². The Labute approximate surface area is 218 Å². The van der Waals surface area contributed by atoms with E-state index in [9.17, 15) is 14.9 Å². The molecule has 1 fully saturated rings. The van der Waals surface area contributed by atoms with E-state index in [1.165, 1.54) is 0 Å². The third-order valence-electron chi connectivity index (χ3n) is 7.31. The fourth-order valence-corrected chi connectivity index (χ4v) is 5.14. The molecule has 2 heterocycles. The number of amides is 2. The summed E-state index contributed by atoms with van der Waals surface area (Å²) in [4.78, 5) is 30.3. The Morgan fingerprint density at radius 1 is 1.00 bits per heavy atom. The molecule has 0 aliphatic carbocycles. The number of hydrogen-bond acceptors (Lipinski definition) is 6. The topological polar surface area (TPSA) is 92.1 Å². The number of ether oxygens (including phenoxy) is 3. The Bertz CT molecular complexity index is 1130. The Hall–Kier alpha value is -3.41. The molecule has 2 aliphatic heterocycles. The number of carbonyl (C=O) groups is 2. The monoisotopic (exact) mass is 505 g/mol. The second kappa shape index (κ2) is 12.2. The molecule has 1 saturated heterocycles. The smallest absolute Gasteiger partial charge is 0.257 e. The van der Waals surface area contributed by atoms with Gasteiger partial charge in [-0.1, -0.05) is 30.3 Å². The van der Waals surface area contributed by atoms with Crippen molar-refractivity contribution in [1.82, 2.24) is 9.80 Å². The van der Waals surface area contributed by atoms with Gasteiger partial charge >= 0.3 is 0 Å². The number of fused-ring (bicyclic) bond motifs is 3. The number of hydrogen-bond donors (Lipinski definition) is 0. The lowest BCUT2D eigenvalue weighted by molar-refractivity contribution is -0.150. The van der Waals surface area contributed by atoms with Crippen molar-refractivity contribution < 1.29 is 23.8 Å². The largest absolute Gasteiger partial charge is 0.493 e. The van der Waals surface area contributed by atoms with E-state index >= 15 is 0 Å². The molecule has 2 aromatic rings. The van der Waals surface area contributed by atoms with Gasteiger partial charge in [-0.05, 0) is 36.6 Å². The zero-order chi connectivity index (χ0) is 26.4. The molecule has 0 radical (unpaired) electrons. The zero-order valence-electron chi connectivity index (χ0n) is 21.8. The summed E-state index contributed by atoms with van der Waals surface area (Å²) in [6.45, 7) is 1.14. The van der Waals surface area contributed by atoms with Gasteiger partial charge in [0.1, 0.15) is 11.9 Å². The Morgan fingerprint density at radius 3 is 2.51 bits per heavy atom. The minimum atomic E-state index is -0.252. The molecular weight excluding hydrogens is 470 g/mol. The first-order valence-corrected chi connectivity index (χ1v) is 12.8. The molecule has 0 aromatic heterocycles. The van der Waals surface area contributed by atoms with Crippen LogP contribution in [0.5, 0.6) is 5.75 Å². The highest BCUT2D eigenvalue weighted by Gasteiger charge is 2.34. The summed E-state index contributed by atoms with van der Waals surface area (Å²) in [5.74, 6) is -0.0346. The van der Waals surface area contributed by atoms with E-state index in [0.717, 1.165) is 18.4 Å². The van der Waals surface area contributed by atoms with E-state index in [4.69, 9.17) is 14.2 Å². The Morgan fingerprint density at radius 2 is 1.78 bits per heavy atom. The molecule has 2 bridgehead atoms. The summed E-state index contributed by atoms with van der Waals surface area (Å²) in [6.07, 6.45) is 2.21. The molecule has 2 amide bonds. The number of rotatable bonds is 2. The quantitative estimate of drug-likeness (QED) is 0.619. The molecule has 4 atom stereocenters. The minimum Gasteiger partial charge on any atom is -0.493 e. The number of nitrogens with zero attached hydrogens (tertiary/aromatic N) is 3. The molecule has 8 nitrogen and oxygen atoms in total. The summed E-state index contributed by atoms with van der Waals surface area (Å²) in [6, 6.07) is 16.8. The zero-order valence-corrected chi connectivity index (χ0v) is 21.8. The summed E-state index contributed by atoms with van der Waals surface area (Å²) < 4.78 is 18.1. The van der Waals surface area contributed by atoms with Gasteiger partial charge in [0.05, 0.1) is 36.0 Å². The minimum absolute atomic E-state index is 0.0159. The van der Waals surface area contributed by atoms with Gasteiger partial charge in [0, 0.05) is 53.1 Å². The van der Waals surface area contributed by atoms with Gasteiger partial charge in [-0.15, -0.1) is 0 Å². The predicted octanol–water partition coefficient (Wildman–Crippen LogP) is 3.61. The maximum Gasteiger partial charge on any atom is 0.257 e. The molecule has 37 heavy (non-hydrogen) atoms. The standard InChI is InChI=1S/C29H35N3O5/c1-31-19-27-26(35-3)12-10-23(37-27)13-14-36-25-11-9-20(17-30)15-24(25)29(34)32(2)18-22(16-28(31)33)21-7-5-4-6-8-21/h4-9,11,15,22-23,26-27H,10,12-14,16,18-19H2,1-3H3/t22-,23+,26-,27+/m0/s1. The number of methoxy groups -OCH3 is 1. The molecular formula is C29H35N3O5. The number of nitriles is 1. The van der Waals surface area contributed by atoms with Crippen LogP contribution in [0.15, 0.2) is 48.5 Å². The lowest BCUT2D eigenvalue weighted by Gasteiger charge is -2.38. The van der Waals surface area contributed by atoms with Gasteiger partial charge in [-0.25, -0.2) is 0 Å². The molecule has 4 rings (SSSR count). The van der Waals surface area contributed by atoms with E-state index in [2.05, 4.69) is 6.07 Å². The SMILES string of the molecule is CO[C@H]1CC[C@@H]2CCOc3ccc(C#N)cc3C(=O)N(C)C[C@@H](c3ccccc3)CC(=O)N(C)C[C@H]1O2. The second-order valence-electron chi connectivity index (χ2n) is 9.88. The Kier molecular flexibility index (Phi) is 8.80. The first-order chi connectivity index (χ1) is 17.9. The summed E-state index contributed by atoms with van der Waals surface area (Å²) in [5.41, 5.74) is 1.71. The van der Waals surface area contributed by atoms with Crippen molar-refractivity contribution >= 4 is 11.8 Å². The molecule has 8 heteroatoms. The van der Waals surface area contributed by atoms with Crippen LogP contribution in [0.2, 0.25) is 0 Å². The molecule has 2 aliphatic rings. The second-order valence-corrected chi connectivity index (χ2v) is 9.88. The fourth-order valence-electron chi connectivity index (χ4n) is 5.14. The summed E-state index contributed by atoms with van der Waals surface area (Å²) in [7, 11) is 5.20. The van der Waals surface area contributed by atoms with Crippen molar-refractivity contribution in [1.29, 1.82) is 5.26 Å². The maximum absolute atomic E-state index is 13.6. The summed E-state index contributed by atoms with van der Waals surface area (Å²) >= 11 is 0. The van der Waals surface area contributed by atoms with Crippen LogP contribution < -0.4 is 4.74 Å². The normalized spacial score (nSPS) is 25.7. The molecule has 196 valence electrons. The third-order valence-corrected chi connectivity index (χ3v) is 7.31. The number of likely N-dealkylation sites (N-methyl/N-ethyl adjacent to an activating group) is 2. The van der Waals surface area contributed by atoms with Crippen LogP contribution in [0, 0.1) is 11.3 Å². The first-order valence-electron chi connectivity index (χ1n) is 12.8. The van der Waals surface area contributed by atoms with Gasteiger partial charge in [0.25, 0.3) is 5.91 Å². The van der Waals surface area contributed by atoms with E-state index in [-0.39, 0.29) is 42.5 Å². The van der Waals surface area contributed by atoms with Crippen LogP contribution in [0.1, 0.15) is 53.1 Å². The highest BCUT2D eigenvalue weighted by molar-refractivity contribution is 5.97. The molecule has 2 aromatic carbocycles. The Balaban J connectivity index is 1.68. The van der Waals surface area contributed by atoms with Gasteiger partial charge in [-0.2, -0.15) is 5.26 Å². The molecule has 0 N–H and O–H groups in total. The van der Waals surface area contributed by atoms with Gasteiger partial charge in [0.15, 0.2) is 0 Å². The maximum atomic E-state index is 13.6. The van der Waals surface area contributed by atoms with Crippen LogP contribution >= 0.6 is 0 Å².